The van der Waals surface area contributed by atoms with Crippen LogP contribution < -0.4 is 10.1 Å². The average Bonchev–Trinajstić information content (AvgIpc) is 3.23. The molecule has 0 spiro atoms. The molecule has 1 aliphatic rings. The van der Waals surface area contributed by atoms with Gasteiger partial charge in [0.2, 0.25) is 0 Å². The number of ether oxygens (including phenoxy) is 2. The highest BCUT2D eigenvalue weighted by molar-refractivity contribution is 5.83. The summed E-state index contributed by atoms with van der Waals surface area (Å²) < 4.78 is 12.6. The van der Waals surface area contributed by atoms with Gasteiger partial charge in [-0.25, -0.2) is 19.6 Å². The molecule has 0 radical (unpaired) electrons. The SMILES string of the molecule is CCOC(=O)[C@@H](C)NC(=O)N1CCN(Cc2nc3cccnc3n2-c2ccc(OCC)cc2)CC1. The third-order valence-electron chi connectivity index (χ3n) is 5.90. The summed E-state index contributed by atoms with van der Waals surface area (Å²) in [5, 5.41) is 2.72. The number of nitrogens with one attached hydrogen (secondary N) is 1. The first-order valence-corrected chi connectivity index (χ1v) is 12.0. The van der Waals surface area contributed by atoms with E-state index >= 15 is 0 Å². The number of imidazole rings is 1. The number of amides is 2. The molecule has 2 amide bonds. The smallest absolute Gasteiger partial charge is 0.328 e. The predicted octanol–water partition coefficient (Wildman–Crippen LogP) is 2.60. The molecule has 0 saturated carbocycles. The number of esters is 1. The summed E-state index contributed by atoms with van der Waals surface area (Å²) in [4.78, 5) is 37.8. The summed E-state index contributed by atoms with van der Waals surface area (Å²) in [5.74, 6) is 1.28. The molecular weight excluding hydrogens is 448 g/mol. The quantitative estimate of drug-likeness (QED) is 0.495. The van der Waals surface area contributed by atoms with Crippen molar-refractivity contribution >= 4 is 23.2 Å². The number of benzene rings is 1. The topological polar surface area (TPSA) is 102 Å². The van der Waals surface area contributed by atoms with Gasteiger partial charge in [0.15, 0.2) is 5.65 Å². The van der Waals surface area contributed by atoms with Crippen LogP contribution in [0.2, 0.25) is 0 Å². The van der Waals surface area contributed by atoms with Crippen LogP contribution in [0, 0.1) is 0 Å². The maximum absolute atomic E-state index is 12.6. The maximum atomic E-state index is 12.6. The van der Waals surface area contributed by atoms with Gasteiger partial charge in [-0.1, -0.05) is 0 Å². The van der Waals surface area contributed by atoms with Crippen LogP contribution in [0.4, 0.5) is 4.79 Å². The number of pyridine rings is 1. The Balaban J connectivity index is 1.44. The first-order valence-electron chi connectivity index (χ1n) is 12.0. The molecule has 1 fully saturated rings. The number of rotatable bonds is 8. The monoisotopic (exact) mass is 480 g/mol. The molecule has 10 heteroatoms. The molecule has 0 aliphatic carbocycles. The van der Waals surface area contributed by atoms with Gasteiger partial charge in [-0.2, -0.15) is 0 Å². The van der Waals surface area contributed by atoms with Crippen LogP contribution in [-0.2, 0) is 16.1 Å². The highest BCUT2D eigenvalue weighted by Crippen LogP contribution is 2.23. The molecule has 2 aromatic heterocycles. The zero-order valence-corrected chi connectivity index (χ0v) is 20.4. The van der Waals surface area contributed by atoms with Crippen molar-refractivity contribution in [1.82, 2.24) is 29.7 Å². The van der Waals surface area contributed by atoms with E-state index in [4.69, 9.17) is 14.5 Å². The van der Waals surface area contributed by atoms with Crippen molar-refractivity contribution in [3.8, 4) is 11.4 Å². The fourth-order valence-electron chi connectivity index (χ4n) is 4.11. The molecular formula is C25H32N6O4. The van der Waals surface area contributed by atoms with Crippen LogP contribution in [0.1, 0.15) is 26.6 Å². The Labute approximate surface area is 204 Å². The molecule has 186 valence electrons. The summed E-state index contributed by atoms with van der Waals surface area (Å²) >= 11 is 0. The van der Waals surface area contributed by atoms with E-state index in [1.54, 1.807) is 24.9 Å². The van der Waals surface area contributed by atoms with Gasteiger partial charge < -0.3 is 19.7 Å². The fraction of sp³-hybridized carbons (Fsp3) is 0.440. The molecule has 3 aromatic rings. The molecule has 35 heavy (non-hydrogen) atoms. The number of hydrogen-bond donors (Lipinski definition) is 1. The van der Waals surface area contributed by atoms with E-state index in [1.165, 1.54) is 0 Å². The lowest BCUT2D eigenvalue weighted by atomic mass is 10.2. The fourth-order valence-corrected chi connectivity index (χ4v) is 4.11. The summed E-state index contributed by atoms with van der Waals surface area (Å²) in [6, 6.07) is 10.8. The van der Waals surface area contributed by atoms with Crippen molar-refractivity contribution in [2.24, 2.45) is 0 Å². The Morgan fingerprint density at radius 1 is 1.06 bits per heavy atom. The lowest BCUT2D eigenvalue weighted by molar-refractivity contribution is -0.144. The molecule has 4 rings (SSSR count). The van der Waals surface area contributed by atoms with Crippen LogP contribution in [0.25, 0.3) is 16.9 Å². The van der Waals surface area contributed by atoms with E-state index in [1.807, 2.05) is 43.3 Å². The summed E-state index contributed by atoms with van der Waals surface area (Å²) in [5.41, 5.74) is 2.61. The van der Waals surface area contributed by atoms with Crippen LogP contribution in [-0.4, -0.2) is 81.8 Å². The number of fused-ring (bicyclic) bond motifs is 1. The molecule has 3 heterocycles. The van der Waals surface area contributed by atoms with Gasteiger partial charge in [-0.15, -0.1) is 0 Å². The van der Waals surface area contributed by atoms with Crippen molar-refractivity contribution in [2.75, 3.05) is 39.4 Å². The van der Waals surface area contributed by atoms with Crippen LogP contribution in [0.3, 0.4) is 0 Å². The molecule has 1 aliphatic heterocycles. The summed E-state index contributed by atoms with van der Waals surface area (Å²) in [7, 11) is 0. The second-order valence-electron chi connectivity index (χ2n) is 8.32. The molecule has 1 aromatic carbocycles. The van der Waals surface area contributed by atoms with Crippen molar-refractivity contribution in [3.63, 3.8) is 0 Å². The van der Waals surface area contributed by atoms with E-state index < -0.39 is 12.0 Å². The largest absolute Gasteiger partial charge is 0.494 e. The number of urea groups is 1. The van der Waals surface area contributed by atoms with Gasteiger partial charge in [-0.05, 0) is 57.2 Å². The van der Waals surface area contributed by atoms with E-state index in [0.29, 0.717) is 39.3 Å². The standard InChI is InChI=1S/C25H32N6O4/c1-4-34-20-10-8-19(9-11-20)31-22(28-21-7-6-12-26-23(21)31)17-29-13-15-30(16-14-29)25(33)27-18(3)24(32)35-5-2/h6-12,18H,4-5,13-17H2,1-3H3,(H,27,33)/t18-/m1/s1. The Morgan fingerprint density at radius 2 is 1.80 bits per heavy atom. The normalized spacial score (nSPS) is 15.1. The van der Waals surface area contributed by atoms with Gasteiger partial charge in [0.25, 0.3) is 0 Å². The second-order valence-corrected chi connectivity index (χ2v) is 8.32. The van der Waals surface area contributed by atoms with Crippen molar-refractivity contribution in [1.29, 1.82) is 0 Å². The van der Waals surface area contributed by atoms with E-state index in [9.17, 15) is 9.59 Å². The molecule has 0 bridgehead atoms. The van der Waals surface area contributed by atoms with E-state index in [-0.39, 0.29) is 12.6 Å². The lowest BCUT2D eigenvalue weighted by Gasteiger charge is -2.35. The Bertz CT molecular complexity index is 1150. The first-order chi connectivity index (χ1) is 17.0. The van der Waals surface area contributed by atoms with Crippen LogP contribution >= 0.6 is 0 Å². The van der Waals surface area contributed by atoms with Crippen molar-refractivity contribution in [2.45, 2.75) is 33.4 Å². The molecule has 10 nitrogen and oxygen atoms in total. The van der Waals surface area contributed by atoms with Gasteiger partial charge in [0.1, 0.15) is 23.1 Å². The molecule has 1 saturated heterocycles. The van der Waals surface area contributed by atoms with Crippen LogP contribution in [0.15, 0.2) is 42.6 Å². The van der Waals surface area contributed by atoms with Gasteiger partial charge in [0.05, 0.1) is 19.8 Å². The lowest BCUT2D eigenvalue weighted by Crippen LogP contribution is -2.54. The number of hydrogen-bond acceptors (Lipinski definition) is 7. The highest BCUT2D eigenvalue weighted by Gasteiger charge is 2.26. The van der Waals surface area contributed by atoms with Gasteiger partial charge in [-0.3, -0.25) is 9.47 Å². The van der Waals surface area contributed by atoms with Crippen molar-refractivity contribution < 1.29 is 19.1 Å². The minimum Gasteiger partial charge on any atom is -0.494 e. The van der Waals surface area contributed by atoms with Crippen LogP contribution in [0.5, 0.6) is 5.75 Å². The number of piperazine rings is 1. The van der Waals surface area contributed by atoms with E-state index in [0.717, 1.165) is 28.4 Å². The van der Waals surface area contributed by atoms with Crippen molar-refractivity contribution in [3.05, 3.63) is 48.4 Å². The first kappa shape index (κ1) is 24.5. The second kappa shape index (κ2) is 11.2. The Morgan fingerprint density at radius 3 is 2.49 bits per heavy atom. The average molecular weight is 481 g/mol. The third kappa shape index (κ3) is 5.71. The van der Waals surface area contributed by atoms with E-state index in [2.05, 4.69) is 19.8 Å². The zero-order chi connectivity index (χ0) is 24.8. The Hall–Kier alpha value is -3.66. The summed E-state index contributed by atoms with van der Waals surface area (Å²) in [6.45, 7) is 9.37. The Kier molecular flexibility index (Phi) is 7.81. The molecule has 1 N–H and O–H groups in total. The third-order valence-corrected chi connectivity index (χ3v) is 5.90. The molecule has 0 unspecified atom stereocenters. The van der Waals surface area contributed by atoms with Gasteiger partial charge in [0, 0.05) is 38.1 Å². The maximum Gasteiger partial charge on any atom is 0.328 e. The zero-order valence-electron chi connectivity index (χ0n) is 20.4. The number of nitrogens with zero attached hydrogens (tertiary/aromatic N) is 5. The minimum atomic E-state index is -0.679. The molecule has 1 atom stereocenters. The number of aromatic nitrogens is 3. The predicted molar refractivity (Wildman–Crippen MR) is 132 cm³/mol. The number of carbonyl (C=O) groups excluding carboxylic acids is 2. The number of carbonyl (C=O) groups is 2. The van der Waals surface area contributed by atoms with Gasteiger partial charge >= 0.3 is 12.0 Å². The summed E-state index contributed by atoms with van der Waals surface area (Å²) in [6.07, 6.45) is 1.77. The highest BCUT2D eigenvalue weighted by atomic mass is 16.5. The minimum absolute atomic E-state index is 0.254.